The minimum atomic E-state index is -1.76. The highest BCUT2D eigenvalue weighted by Crippen LogP contribution is 2.37. The second-order valence-electron chi connectivity index (χ2n) is 10.2. The fourth-order valence-electron chi connectivity index (χ4n) is 5.01. The zero-order chi connectivity index (χ0) is 30.5. The first-order valence-corrected chi connectivity index (χ1v) is 12.9. The van der Waals surface area contributed by atoms with Crippen LogP contribution in [0.4, 0.5) is 0 Å². The summed E-state index contributed by atoms with van der Waals surface area (Å²) in [4.78, 5) is 13.8. The molecule has 10 N–H and O–H groups in total. The number of hydrogen-bond acceptors (Lipinski definition) is 15. The number of aliphatic hydroxyl groups excluding tert-OH is 7. The third-order valence-electron chi connectivity index (χ3n) is 7.39. The summed E-state index contributed by atoms with van der Waals surface area (Å²) in [5.41, 5.74) is -1.07. The zero-order valence-electron chi connectivity index (χ0n) is 21.7. The number of fused-ring (bicyclic) bond motifs is 1. The maximum atomic E-state index is 13.8. The van der Waals surface area contributed by atoms with E-state index in [0.29, 0.717) is 0 Å². The first-order valence-electron chi connectivity index (χ1n) is 12.9. The normalized spacial score (nSPS) is 31.7. The predicted octanol–water partition coefficient (Wildman–Crippen LogP) is -2.22. The van der Waals surface area contributed by atoms with Gasteiger partial charge in [-0.2, -0.15) is 0 Å². The lowest BCUT2D eigenvalue weighted by molar-refractivity contribution is -0.277. The summed E-state index contributed by atoms with van der Waals surface area (Å²) in [5, 5.41) is 101. The lowest BCUT2D eigenvalue weighted by Crippen LogP contribution is -2.60. The molecule has 2 aliphatic rings. The minimum Gasteiger partial charge on any atom is -0.507 e. The summed E-state index contributed by atoms with van der Waals surface area (Å²) >= 11 is 0. The van der Waals surface area contributed by atoms with Crippen molar-refractivity contribution in [3.63, 3.8) is 0 Å². The molecule has 0 aliphatic carbocycles. The van der Waals surface area contributed by atoms with Gasteiger partial charge in [-0.25, -0.2) is 0 Å². The van der Waals surface area contributed by atoms with Gasteiger partial charge in [-0.05, 0) is 18.2 Å². The molecule has 3 heterocycles. The SMILES string of the molecule is O=c1c(C[C@@H]2OC[C@@H](O)[C@H](O)[C@H]2O)c(-c2ccc(O)c(O)c2)oc2cc(O[C@@H]3O[C@@H](CO)[C@H](O)[C@H](O)[C@@H]3O)cc(O)c12. The van der Waals surface area contributed by atoms with Crippen molar-refractivity contribution in [3.05, 3.63) is 46.1 Å². The Balaban J connectivity index is 1.59. The van der Waals surface area contributed by atoms with Crippen molar-refractivity contribution in [3.8, 4) is 34.3 Å². The van der Waals surface area contributed by atoms with E-state index in [2.05, 4.69) is 0 Å². The smallest absolute Gasteiger partial charge is 0.229 e. The van der Waals surface area contributed by atoms with E-state index in [1.54, 1.807) is 0 Å². The second kappa shape index (κ2) is 11.6. The summed E-state index contributed by atoms with van der Waals surface area (Å²) in [6, 6.07) is 5.74. The van der Waals surface area contributed by atoms with Gasteiger partial charge in [-0.3, -0.25) is 4.79 Å². The van der Waals surface area contributed by atoms with E-state index in [-0.39, 0.29) is 46.6 Å². The van der Waals surface area contributed by atoms with Crippen LogP contribution in [-0.2, 0) is 15.9 Å². The van der Waals surface area contributed by atoms with Gasteiger partial charge in [-0.1, -0.05) is 0 Å². The van der Waals surface area contributed by atoms with Crippen molar-refractivity contribution in [2.45, 2.75) is 61.5 Å². The topological polar surface area (TPSA) is 260 Å². The number of phenols is 3. The van der Waals surface area contributed by atoms with Crippen LogP contribution < -0.4 is 10.2 Å². The fraction of sp³-hybridized carbons (Fsp3) is 0.444. The van der Waals surface area contributed by atoms with Crippen molar-refractivity contribution in [1.29, 1.82) is 0 Å². The molecule has 2 saturated heterocycles. The molecular weight excluding hydrogens is 564 g/mol. The standard InChI is InChI=1S/C27H30O15/c28-7-18-23(36)24(37)25(38)27(42-18)40-10-4-14(31)19-16(5-10)41-26(9-1-2-12(29)13(30)3-9)11(20(19)33)6-17-22(35)21(34)15(32)8-39-17/h1-5,15,17-18,21-25,27-32,34-38H,6-8H2/t15-,17+,18+,21+,22+,23+,24+,25+,27-/m1/s1. The molecule has 5 rings (SSSR count). The molecule has 2 fully saturated rings. The van der Waals surface area contributed by atoms with Crippen molar-refractivity contribution >= 4 is 11.0 Å². The Kier molecular flexibility index (Phi) is 8.30. The van der Waals surface area contributed by atoms with Gasteiger partial charge in [0.25, 0.3) is 0 Å². The minimum absolute atomic E-state index is 0.102. The van der Waals surface area contributed by atoms with Gasteiger partial charge >= 0.3 is 0 Å². The Morgan fingerprint density at radius 1 is 0.810 bits per heavy atom. The van der Waals surface area contributed by atoms with Crippen molar-refractivity contribution in [1.82, 2.24) is 0 Å². The number of phenolic OH excluding ortho intramolecular Hbond substituents is 3. The summed E-state index contributed by atoms with van der Waals surface area (Å²) in [6.45, 7) is -1.04. The molecule has 15 nitrogen and oxygen atoms in total. The van der Waals surface area contributed by atoms with Gasteiger partial charge < -0.3 is 69.7 Å². The largest absolute Gasteiger partial charge is 0.507 e. The van der Waals surface area contributed by atoms with E-state index < -0.39 is 84.4 Å². The van der Waals surface area contributed by atoms with Gasteiger partial charge in [0.15, 0.2) is 16.9 Å². The molecule has 0 amide bonds. The van der Waals surface area contributed by atoms with Crippen LogP contribution in [0.5, 0.6) is 23.0 Å². The summed E-state index contributed by atoms with van der Waals surface area (Å²) in [7, 11) is 0. The molecule has 2 aromatic carbocycles. The number of rotatable bonds is 6. The van der Waals surface area contributed by atoms with Crippen LogP contribution >= 0.6 is 0 Å². The molecule has 42 heavy (non-hydrogen) atoms. The van der Waals surface area contributed by atoms with Crippen molar-refractivity contribution in [2.75, 3.05) is 13.2 Å². The molecule has 0 saturated carbocycles. The Morgan fingerprint density at radius 3 is 2.21 bits per heavy atom. The highest BCUT2D eigenvalue weighted by molar-refractivity contribution is 5.87. The molecule has 15 heteroatoms. The maximum absolute atomic E-state index is 13.8. The van der Waals surface area contributed by atoms with E-state index in [9.17, 15) is 55.9 Å². The van der Waals surface area contributed by atoms with Crippen LogP contribution in [-0.4, -0.2) is 119 Å². The molecule has 0 bridgehead atoms. The highest BCUT2D eigenvalue weighted by atomic mass is 16.7. The molecule has 228 valence electrons. The third kappa shape index (κ3) is 5.37. The highest BCUT2D eigenvalue weighted by Gasteiger charge is 2.45. The van der Waals surface area contributed by atoms with Crippen LogP contribution in [0.2, 0.25) is 0 Å². The van der Waals surface area contributed by atoms with Crippen molar-refractivity contribution in [2.24, 2.45) is 0 Å². The Hall–Kier alpha value is -3.51. The average molecular weight is 595 g/mol. The number of hydrogen-bond donors (Lipinski definition) is 10. The van der Waals surface area contributed by atoms with Crippen LogP contribution in [0.3, 0.4) is 0 Å². The number of aromatic hydroxyl groups is 3. The molecular formula is C27H30O15. The monoisotopic (exact) mass is 594 g/mol. The van der Waals surface area contributed by atoms with E-state index >= 15 is 0 Å². The first kappa shape index (κ1) is 30.0. The number of aliphatic hydroxyl groups is 7. The Labute approximate surface area is 236 Å². The van der Waals surface area contributed by atoms with Gasteiger partial charge in [-0.15, -0.1) is 0 Å². The predicted molar refractivity (Wildman–Crippen MR) is 139 cm³/mol. The van der Waals surface area contributed by atoms with Crippen LogP contribution in [0.1, 0.15) is 5.56 Å². The van der Waals surface area contributed by atoms with E-state index in [1.165, 1.54) is 6.07 Å². The fourth-order valence-corrected chi connectivity index (χ4v) is 5.01. The molecule has 0 radical (unpaired) electrons. The third-order valence-corrected chi connectivity index (χ3v) is 7.39. The summed E-state index contributed by atoms with van der Waals surface area (Å²) < 4.78 is 22.3. The first-order chi connectivity index (χ1) is 19.9. The molecule has 1 aromatic heterocycles. The molecule has 9 atom stereocenters. The molecule has 3 aromatic rings. The average Bonchev–Trinajstić information content (AvgIpc) is 2.95. The lowest BCUT2D eigenvalue weighted by Gasteiger charge is -2.39. The zero-order valence-corrected chi connectivity index (χ0v) is 21.7. The maximum Gasteiger partial charge on any atom is 0.229 e. The number of ether oxygens (including phenoxy) is 3. The van der Waals surface area contributed by atoms with Gasteiger partial charge in [0.1, 0.15) is 71.0 Å². The Morgan fingerprint density at radius 2 is 1.52 bits per heavy atom. The molecule has 2 aliphatic heterocycles. The summed E-state index contributed by atoms with van der Waals surface area (Å²) in [5.74, 6) is -2.01. The van der Waals surface area contributed by atoms with Crippen LogP contribution in [0.25, 0.3) is 22.3 Å². The molecule has 0 unspecified atom stereocenters. The van der Waals surface area contributed by atoms with E-state index in [4.69, 9.17) is 18.6 Å². The second-order valence-corrected chi connectivity index (χ2v) is 10.2. The molecule has 0 spiro atoms. The summed E-state index contributed by atoms with van der Waals surface area (Å²) in [6.07, 6.45) is -14.1. The van der Waals surface area contributed by atoms with E-state index in [0.717, 1.165) is 24.3 Å². The van der Waals surface area contributed by atoms with Crippen LogP contribution in [0.15, 0.2) is 39.5 Å². The van der Waals surface area contributed by atoms with Gasteiger partial charge in [0.05, 0.1) is 19.3 Å². The Bertz CT molecular complexity index is 1500. The lowest BCUT2D eigenvalue weighted by atomic mass is 9.92. The van der Waals surface area contributed by atoms with Gasteiger partial charge in [0, 0.05) is 29.7 Å². The number of benzene rings is 2. The van der Waals surface area contributed by atoms with Crippen molar-refractivity contribution < 1.29 is 69.7 Å². The van der Waals surface area contributed by atoms with Gasteiger partial charge in [0.2, 0.25) is 6.29 Å². The van der Waals surface area contributed by atoms with E-state index in [1.807, 2.05) is 0 Å². The van der Waals surface area contributed by atoms with Crippen LogP contribution in [0, 0.1) is 0 Å². The quantitative estimate of drug-likeness (QED) is 0.136.